The molecule has 0 fully saturated rings. The summed E-state index contributed by atoms with van der Waals surface area (Å²) < 4.78 is 15.7. The van der Waals surface area contributed by atoms with Gasteiger partial charge in [0, 0.05) is 18.2 Å². The van der Waals surface area contributed by atoms with Gasteiger partial charge in [-0.3, -0.25) is 0 Å². The number of methoxy groups -OCH3 is 2. The number of hydrogen-bond donors (Lipinski definition) is 1. The predicted molar refractivity (Wildman–Crippen MR) is 73.7 cm³/mol. The molecule has 0 bridgehead atoms. The molecule has 1 N–H and O–H groups in total. The number of aromatic carboxylic acids is 1. The number of aromatic nitrogens is 1. The summed E-state index contributed by atoms with van der Waals surface area (Å²) in [6.07, 6.45) is 0. The van der Waals surface area contributed by atoms with E-state index in [9.17, 15) is 4.79 Å². The summed E-state index contributed by atoms with van der Waals surface area (Å²) in [5.74, 6) is 0.343. The number of ether oxygens (including phenoxy) is 3. The lowest BCUT2D eigenvalue weighted by atomic mass is 10.3. The van der Waals surface area contributed by atoms with Gasteiger partial charge in [0.25, 0.3) is 5.19 Å². The van der Waals surface area contributed by atoms with Crippen LogP contribution in [0, 0.1) is 0 Å². The number of benzene rings is 1. The van der Waals surface area contributed by atoms with Crippen molar-refractivity contribution < 1.29 is 24.1 Å². The molecule has 6 nitrogen and oxygen atoms in total. The van der Waals surface area contributed by atoms with Gasteiger partial charge in [-0.1, -0.05) is 22.9 Å². The Kier molecular flexibility index (Phi) is 4.31. The molecule has 0 saturated carbocycles. The normalized spacial score (nSPS) is 10.2. The van der Waals surface area contributed by atoms with Crippen molar-refractivity contribution in [3.63, 3.8) is 0 Å². The fourth-order valence-electron chi connectivity index (χ4n) is 1.40. The molecular weight excluding hydrogens is 306 g/mol. The number of thiazole rings is 1. The Labute approximate surface area is 123 Å². The first-order valence-corrected chi connectivity index (χ1v) is 6.53. The molecule has 1 aromatic heterocycles. The first-order chi connectivity index (χ1) is 9.53. The van der Waals surface area contributed by atoms with Crippen LogP contribution >= 0.6 is 22.9 Å². The van der Waals surface area contributed by atoms with Gasteiger partial charge in [0.15, 0.2) is 10.0 Å². The molecule has 0 amide bonds. The maximum absolute atomic E-state index is 10.9. The minimum Gasteiger partial charge on any atom is -0.496 e. The summed E-state index contributed by atoms with van der Waals surface area (Å²) in [5, 5.41) is 8.92. The van der Waals surface area contributed by atoms with E-state index in [2.05, 4.69) is 4.98 Å². The van der Waals surface area contributed by atoms with Gasteiger partial charge in [-0.15, -0.1) is 0 Å². The molecule has 0 atom stereocenters. The Bertz CT molecular complexity index is 621. The van der Waals surface area contributed by atoms with Crippen molar-refractivity contribution in [2.24, 2.45) is 0 Å². The van der Waals surface area contributed by atoms with E-state index in [1.165, 1.54) is 14.2 Å². The molecule has 2 rings (SSSR count). The number of carbonyl (C=O) groups is 1. The molecular formula is C12H10ClNO5S. The van der Waals surface area contributed by atoms with E-state index < -0.39 is 5.97 Å². The van der Waals surface area contributed by atoms with E-state index in [0.29, 0.717) is 17.2 Å². The number of carboxylic acids is 1. The van der Waals surface area contributed by atoms with Crippen LogP contribution in [-0.4, -0.2) is 30.3 Å². The van der Waals surface area contributed by atoms with Crippen LogP contribution in [0.1, 0.15) is 9.67 Å². The van der Waals surface area contributed by atoms with Crippen LogP contribution in [-0.2, 0) is 0 Å². The Morgan fingerprint density at radius 3 is 2.20 bits per heavy atom. The molecule has 0 saturated heterocycles. The van der Waals surface area contributed by atoms with Gasteiger partial charge in [0.05, 0.1) is 14.2 Å². The zero-order valence-electron chi connectivity index (χ0n) is 10.5. The Hall–Kier alpha value is -1.99. The molecule has 106 valence electrons. The maximum Gasteiger partial charge on any atom is 0.349 e. The summed E-state index contributed by atoms with van der Waals surface area (Å²) in [7, 11) is 3.03. The summed E-state index contributed by atoms with van der Waals surface area (Å²) in [6, 6.07) is 4.93. The third kappa shape index (κ3) is 3.12. The van der Waals surface area contributed by atoms with Crippen molar-refractivity contribution in [2.75, 3.05) is 14.2 Å². The number of rotatable bonds is 5. The minimum absolute atomic E-state index is 0.0727. The average Bonchev–Trinajstić information content (AvgIpc) is 2.79. The molecule has 8 heteroatoms. The third-order valence-corrected chi connectivity index (χ3v) is 3.60. The van der Waals surface area contributed by atoms with Gasteiger partial charge in [-0.05, 0) is 0 Å². The molecule has 0 aliphatic rings. The first-order valence-electron chi connectivity index (χ1n) is 5.34. The van der Waals surface area contributed by atoms with Crippen LogP contribution in [0.5, 0.6) is 22.4 Å². The summed E-state index contributed by atoms with van der Waals surface area (Å²) in [5.41, 5.74) is 0. The lowest BCUT2D eigenvalue weighted by molar-refractivity contribution is 0.0702. The average molecular weight is 316 g/mol. The fraction of sp³-hybridized carbons (Fsp3) is 0.167. The van der Waals surface area contributed by atoms with E-state index in [1.54, 1.807) is 18.2 Å². The third-order valence-electron chi connectivity index (χ3n) is 2.29. The second-order valence-electron chi connectivity index (χ2n) is 3.56. The highest BCUT2D eigenvalue weighted by Gasteiger charge is 2.17. The summed E-state index contributed by atoms with van der Waals surface area (Å²) >= 11 is 6.56. The maximum atomic E-state index is 10.9. The molecule has 0 spiro atoms. The van der Waals surface area contributed by atoms with Crippen LogP contribution < -0.4 is 14.2 Å². The molecule has 0 radical (unpaired) electrons. The van der Waals surface area contributed by atoms with E-state index in [0.717, 1.165) is 11.3 Å². The molecule has 0 aliphatic heterocycles. The van der Waals surface area contributed by atoms with E-state index in [1.807, 2.05) is 0 Å². The molecule has 2 aromatic rings. The van der Waals surface area contributed by atoms with Gasteiger partial charge in [-0.2, -0.15) is 4.98 Å². The monoisotopic (exact) mass is 315 g/mol. The highest BCUT2D eigenvalue weighted by atomic mass is 35.5. The topological polar surface area (TPSA) is 77.9 Å². The first kappa shape index (κ1) is 14.4. The zero-order valence-corrected chi connectivity index (χ0v) is 12.1. The molecule has 20 heavy (non-hydrogen) atoms. The second kappa shape index (κ2) is 5.98. The molecule has 0 aliphatic carbocycles. The molecule has 0 unspecified atom stereocenters. The number of carboxylic acid groups (broad SMARTS) is 1. The van der Waals surface area contributed by atoms with Crippen LogP contribution in [0.2, 0.25) is 5.15 Å². The Morgan fingerprint density at radius 1 is 1.20 bits per heavy atom. The van der Waals surface area contributed by atoms with Crippen molar-refractivity contribution in [2.45, 2.75) is 0 Å². The van der Waals surface area contributed by atoms with Crippen LogP contribution in [0.4, 0.5) is 0 Å². The van der Waals surface area contributed by atoms with Crippen LogP contribution in [0.25, 0.3) is 0 Å². The van der Waals surface area contributed by atoms with Crippen molar-refractivity contribution in [1.29, 1.82) is 0 Å². The van der Waals surface area contributed by atoms with E-state index in [-0.39, 0.29) is 15.2 Å². The zero-order chi connectivity index (χ0) is 14.7. The second-order valence-corrected chi connectivity index (χ2v) is 4.87. The van der Waals surface area contributed by atoms with Crippen molar-refractivity contribution in [3.05, 3.63) is 28.2 Å². The molecule has 1 aromatic carbocycles. The van der Waals surface area contributed by atoms with Gasteiger partial charge < -0.3 is 19.3 Å². The number of nitrogens with zero attached hydrogens (tertiary/aromatic N) is 1. The Balaban J connectivity index is 2.29. The van der Waals surface area contributed by atoms with Crippen molar-refractivity contribution in [3.8, 4) is 22.4 Å². The van der Waals surface area contributed by atoms with Crippen molar-refractivity contribution in [1.82, 2.24) is 4.98 Å². The highest BCUT2D eigenvalue weighted by Crippen LogP contribution is 2.35. The van der Waals surface area contributed by atoms with Gasteiger partial charge >= 0.3 is 5.97 Å². The van der Waals surface area contributed by atoms with Gasteiger partial charge in [0.2, 0.25) is 0 Å². The van der Waals surface area contributed by atoms with Crippen molar-refractivity contribution >= 4 is 28.9 Å². The predicted octanol–water partition coefficient (Wildman–Crippen LogP) is 3.30. The summed E-state index contributed by atoms with van der Waals surface area (Å²) in [6.45, 7) is 0. The smallest absolute Gasteiger partial charge is 0.349 e. The lowest BCUT2D eigenvalue weighted by Gasteiger charge is -2.07. The number of hydrogen-bond acceptors (Lipinski definition) is 6. The highest BCUT2D eigenvalue weighted by molar-refractivity contribution is 7.15. The van der Waals surface area contributed by atoms with Gasteiger partial charge in [0.1, 0.15) is 17.2 Å². The fourth-order valence-corrected chi connectivity index (χ4v) is 2.39. The van der Waals surface area contributed by atoms with Gasteiger partial charge in [-0.25, -0.2) is 4.79 Å². The van der Waals surface area contributed by atoms with E-state index >= 15 is 0 Å². The quantitative estimate of drug-likeness (QED) is 0.912. The standard InChI is InChI=1S/C12H10ClNO5S/c1-17-6-3-7(18-2)5-8(4-6)19-12-14-10(13)9(20-12)11(15)16/h3-5H,1-2H3,(H,15,16). The van der Waals surface area contributed by atoms with Crippen LogP contribution in [0.3, 0.4) is 0 Å². The van der Waals surface area contributed by atoms with E-state index in [4.69, 9.17) is 30.9 Å². The largest absolute Gasteiger partial charge is 0.496 e. The minimum atomic E-state index is -1.15. The summed E-state index contributed by atoms with van der Waals surface area (Å²) in [4.78, 5) is 14.6. The Morgan fingerprint density at radius 2 is 1.75 bits per heavy atom. The SMILES string of the molecule is COc1cc(OC)cc(Oc2nc(Cl)c(C(=O)O)s2)c1. The lowest BCUT2D eigenvalue weighted by Crippen LogP contribution is -1.91. The molecule has 1 heterocycles. The number of halogens is 1. The van der Waals surface area contributed by atoms with Crippen LogP contribution in [0.15, 0.2) is 18.2 Å².